The maximum atomic E-state index is 11.3. The number of aliphatic carboxylic acids is 2. The maximum absolute atomic E-state index is 11.3. The number of rotatable bonds is 4. The van der Waals surface area contributed by atoms with Crippen LogP contribution >= 0.6 is 0 Å². The molecule has 0 aliphatic heterocycles. The van der Waals surface area contributed by atoms with Crippen molar-refractivity contribution in [3.8, 4) is 0 Å². The molecule has 6 nitrogen and oxygen atoms in total. The molecule has 0 saturated heterocycles. The van der Waals surface area contributed by atoms with Crippen LogP contribution in [-0.4, -0.2) is 24.0 Å². The van der Waals surface area contributed by atoms with Crippen LogP contribution in [0.15, 0.2) is 60.7 Å². The van der Waals surface area contributed by atoms with Gasteiger partial charge in [-0.1, -0.05) is 60.7 Å². The first-order chi connectivity index (χ1) is 14.3. The minimum Gasteiger partial charge on any atom is -0.549 e. The van der Waals surface area contributed by atoms with Gasteiger partial charge in [0.1, 0.15) is 0 Å². The van der Waals surface area contributed by atoms with E-state index < -0.39 is 22.8 Å². The third kappa shape index (κ3) is 5.18. The first-order valence-electron chi connectivity index (χ1n) is 10.4. The average Bonchev–Trinajstić information content (AvgIpc) is 3.35. The minimum absolute atomic E-state index is 0. The van der Waals surface area contributed by atoms with Crippen molar-refractivity contribution in [3.63, 3.8) is 0 Å². The number of benzene rings is 2. The van der Waals surface area contributed by atoms with Crippen molar-refractivity contribution in [1.82, 2.24) is 0 Å². The number of carboxylic acids is 2. The molecule has 4 rings (SSSR count). The molecule has 2 aromatic rings. The van der Waals surface area contributed by atoms with Gasteiger partial charge in [-0.25, -0.2) is 0 Å². The molecule has 31 heavy (non-hydrogen) atoms. The smallest absolute Gasteiger partial charge is 0.549 e. The van der Waals surface area contributed by atoms with E-state index in [1.165, 1.54) is 0 Å². The summed E-state index contributed by atoms with van der Waals surface area (Å²) in [6.45, 7) is 0. The first kappa shape index (κ1) is 25.1. The van der Waals surface area contributed by atoms with E-state index >= 15 is 0 Å². The van der Waals surface area contributed by atoms with Gasteiger partial charge in [-0.2, -0.15) is 0 Å². The summed E-state index contributed by atoms with van der Waals surface area (Å²) >= 11 is 0. The molecule has 2 aromatic carbocycles. The van der Waals surface area contributed by atoms with Crippen LogP contribution in [0.3, 0.4) is 0 Å². The van der Waals surface area contributed by atoms with Gasteiger partial charge in [0.15, 0.2) is 0 Å². The number of hydrogen-bond acceptors (Lipinski definition) is 6. The summed E-state index contributed by atoms with van der Waals surface area (Å²) < 4.78 is 0. The van der Waals surface area contributed by atoms with E-state index in [0.29, 0.717) is 25.7 Å². The Morgan fingerprint density at radius 1 is 0.710 bits per heavy atom. The quantitative estimate of drug-likeness (QED) is 0.619. The van der Waals surface area contributed by atoms with Crippen LogP contribution in [0.25, 0.3) is 0 Å². The third-order valence-electron chi connectivity index (χ3n) is 6.54. The standard InChI is InChI=1S/2C12H15NO2.Cu/c2*13-10-6-7-12(8-10,11(14)15)9-4-2-1-3-5-9;/h2*1-5,10H,6-8,13H2,(H,14,15);/q;;+2/p-2. The summed E-state index contributed by atoms with van der Waals surface area (Å²) in [5.41, 5.74) is 11.5. The second-order valence-corrected chi connectivity index (χ2v) is 8.48. The first-order valence-corrected chi connectivity index (χ1v) is 10.4. The summed E-state index contributed by atoms with van der Waals surface area (Å²) in [5.74, 6) is -2.00. The molecule has 2 aliphatic rings. The molecule has 0 aromatic heterocycles. The summed E-state index contributed by atoms with van der Waals surface area (Å²) in [5, 5.41) is 22.6. The zero-order valence-corrected chi connectivity index (χ0v) is 18.2. The molecule has 7 heteroatoms. The third-order valence-corrected chi connectivity index (χ3v) is 6.54. The fraction of sp³-hybridized carbons (Fsp3) is 0.417. The van der Waals surface area contributed by atoms with Gasteiger partial charge < -0.3 is 31.3 Å². The van der Waals surface area contributed by atoms with Gasteiger partial charge in [0, 0.05) is 22.9 Å². The van der Waals surface area contributed by atoms with E-state index in [-0.39, 0.29) is 29.2 Å². The van der Waals surface area contributed by atoms with Gasteiger partial charge in [-0.3, -0.25) is 0 Å². The number of nitrogens with two attached hydrogens (primary N) is 2. The molecule has 2 aliphatic carbocycles. The Morgan fingerprint density at radius 2 is 1.03 bits per heavy atom. The van der Waals surface area contributed by atoms with Crippen LogP contribution < -0.4 is 21.7 Å². The molecule has 0 bridgehead atoms. The van der Waals surface area contributed by atoms with Gasteiger partial charge in [-0.05, 0) is 49.7 Å². The van der Waals surface area contributed by atoms with Crippen molar-refractivity contribution in [1.29, 1.82) is 0 Å². The van der Waals surface area contributed by atoms with Gasteiger partial charge in [0.05, 0.1) is 11.9 Å². The van der Waals surface area contributed by atoms with Gasteiger partial charge in [-0.15, -0.1) is 0 Å². The molecule has 1 radical (unpaired) electrons. The van der Waals surface area contributed by atoms with Gasteiger partial charge in [0.2, 0.25) is 0 Å². The zero-order valence-electron chi connectivity index (χ0n) is 17.3. The number of carboxylic acid groups (broad SMARTS) is 2. The Kier molecular flexibility index (Phi) is 8.43. The van der Waals surface area contributed by atoms with Crippen molar-refractivity contribution < 1.29 is 36.9 Å². The van der Waals surface area contributed by atoms with Crippen molar-refractivity contribution in [2.24, 2.45) is 11.5 Å². The summed E-state index contributed by atoms with van der Waals surface area (Å²) in [6.07, 6.45) is 3.64. The number of carbonyl (C=O) groups excluding carboxylic acids is 2. The van der Waals surface area contributed by atoms with Gasteiger partial charge >= 0.3 is 17.1 Å². The Bertz CT molecular complexity index is 806. The zero-order chi connectivity index (χ0) is 21.8. The number of carbonyl (C=O) groups is 2. The molecule has 4 unspecified atom stereocenters. The van der Waals surface area contributed by atoms with Gasteiger partial charge in [0.25, 0.3) is 0 Å². The SMILES string of the molecule is NC1CCC(C(=O)[O-])(c2ccccc2)C1.NC1CCC(C(=O)[O-])(c2ccccc2)C1.[Cu+2]. The second kappa shape index (κ2) is 10.4. The molecule has 4 N–H and O–H groups in total. The van der Waals surface area contributed by atoms with Crippen LogP contribution in [0.2, 0.25) is 0 Å². The predicted octanol–water partition coefficient (Wildman–Crippen LogP) is 0.369. The molecule has 4 atom stereocenters. The summed E-state index contributed by atoms with van der Waals surface area (Å²) in [4.78, 5) is 22.6. The van der Waals surface area contributed by atoms with Crippen molar-refractivity contribution in [2.45, 2.75) is 61.4 Å². The van der Waals surface area contributed by atoms with E-state index in [1.54, 1.807) is 0 Å². The molecular weight excluding hydrogens is 444 g/mol. The van der Waals surface area contributed by atoms with E-state index in [1.807, 2.05) is 60.7 Å². The second-order valence-electron chi connectivity index (χ2n) is 8.48. The maximum Gasteiger partial charge on any atom is 2.00 e. The fourth-order valence-corrected chi connectivity index (χ4v) is 4.81. The Hall–Kier alpha value is -2.18. The Morgan fingerprint density at radius 3 is 1.26 bits per heavy atom. The molecule has 0 heterocycles. The monoisotopic (exact) mass is 471 g/mol. The predicted molar refractivity (Wildman–Crippen MR) is 110 cm³/mol. The van der Waals surface area contributed by atoms with E-state index in [4.69, 9.17) is 11.5 Å². The minimum atomic E-state index is -0.998. The number of hydrogen-bond donors (Lipinski definition) is 2. The Labute approximate surface area is 193 Å². The fourth-order valence-electron chi connectivity index (χ4n) is 4.81. The Balaban J connectivity index is 0.000000213. The van der Waals surface area contributed by atoms with Crippen molar-refractivity contribution >= 4 is 11.9 Å². The molecule has 0 spiro atoms. The van der Waals surface area contributed by atoms with Crippen molar-refractivity contribution in [3.05, 3.63) is 71.8 Å². The molecule has 2 saturated carbocycles. The van der Waals surface area contributed by atoms with Crippen LogP contribution in [-0.2, 0) is 37.5 Å². The largest absolute Gasteiger partial charge is 2.00 e. The molecular formula is C24H28CuN2O4. The van der Waals surface area contributed by atoms with Crippen LogP contribution in [0.5, 0.6) is 0 Å². The van der Waals surface area contributed by atoms with E-state index in [9.17, 15) is 19.8 Å². The van der Waals surface area contributed by atoms with Crippen LogP contribution in [0.1, 0.15) is 49.7 Å². The molecule has 2 fully saturated rings. The normalized spacial score (nSPS) is 29.4. The summed E-state index contributed by atoms with van der Waals surface area (Å²) in [6, 6.07) is 18.5. The molecule has 0 amide bonds. The van der Waals surface area contributed by atoms with Crippen molar-refractivity contribution in [2.75, 3.05) is 0 Å². The summed E-state index contributed by atoms with van der Waals surface area (Å²) in [7, 11) is 0. The topological polar surface area (TPSA) is 132 Å². The average molecular weight is 472 g/mol. The van der Waals surface area contributed by atoms with Crippen LogP contribution in [0.4, 0.5) is 0 Å². The van der Waals surface area contributed by atoms with E-state index in [0.717, 1.165) is 24.0 Å². The van der Waals surface area contributed by atoms with Crippen LogP contribution in [0, 0.1) is 0 Å². The molecule has 169 valence electrons. The van der Waals surface area contributed by atoms with E-state index in [2.05, 4.69) is 0 Å².